The number of carboxylic acid groups (broad SMARTS) is 2. The molecule has 358 valence electrons. The van der Waals surface area contributed by atoms with Crippen LogP contribution in [0, 0.1) is 50.2 Å². The number of aliphatic carboxylic acids is 2. The van der Waals surface area contributed by atoms with Crippen LogP contribution >= 0.6 is 0 Å². The van der Waals surface area contributed by atoms with Crippen LogP contribution in [0.2, 0.25) is 0 Å². The number of carbonyl (C=O) groups excluding carboxylic acids is 4. The number of ketones is 1. The van der Waals surface area contributed by atoms with Crippen molar-refractivity contribution in [1.82, 2.24) is 0 Å². The standard InChI is InChI=1S/C42H63O15.CH2O.3K.3H2O/c1-37(2)23-8-11-42(7)32(21(44)16-19-20-17-39(4,36(52)53)13-12-38(20,3)14-15-41(19,42)6)40(23,5)10-9-24(37)55-35-31(28(48)27(47)30(56-35)33(50)51)57-34-29(49)26(46)25(45)22(18-43)54-34;1-2;;;;;;/h16,20,22-32,34-35,45-49H,8-15,17-18H2,1-7H3,(H,50,51)(H,52,53);1H2;;;;3*1H2/q-1;;3*+1;;;/p-2/t20?,22-,23?,24?,25-,26+,27+,28+,29-,30+,31-,32?,34+,35-,38-,39+,40+,41-,42-;;;;;;;/m1......./s1. The molecule has 0 bridgehead atoms. The summed E-state index contributed by atoms with van der Waals surface area (Å²) in [6, 6.07) is 0. The van der Waals surface area contributed by atoms with Gasteiger partial charge in [0.25, 0.3) is 0 Å². The van der Waals surface area contributed by atoms with Crippen LogP contribution in [0.25, 0.3) is 0 Å². The second-order valence-corrected chi connectivity index (χ2v) is 20.5. The topological polar surface area (TPSA) is 370 Å². The van der Waals surface area contributed by atoms with E-state index < -0.39 is 108 Å². The van der Waals surface area contributed by atoms with Gasteiger partial charge in [0.15, 0.2) is 18.4 Å². The molecule has 7 rings (SSSR count). The number of allylic oxidation sites excluding steroid dienone is 2. The van der Waals surface area contributed by atoms with Gasteiger partial charge in [0.1, 0.15) is 49.5 Å². The molecule has 65 heavy (non-hydrogen) atoms. The minimum absolute atomic E-state index is 0. The van der Waals surface area contributed by atoms with E-state index in [-0.39, 0.29) is 205 Å². The molecule has 0 radical (unpaired) electrons. The van der Waals surface area contributed by atoms with E-state index in [1.807, 2.05) is 26.7 Å². The van der Waals surface area contributed by atoms with Crippen LogP contribution in [0.4, 0.5) is 0 Å². The monoisotopic (exact) mass is 1010 g/mol. The molecule has 0 amide bonds. The van der Waals surface area contributed by atoms with Crippen LogP contribution < -0.4 is 169 Å². The molecule has 7 aliphatic rings. The Morgan fingerprint density at radius 2 is 1.34 bits per heavy atom. The van der Waals surface area contributed by atoms with Gasteiger partial charge < -0.3 is 90.6 Å². The fourth-order valence-corrected chi connectivity index (χ4v) is 13.4. The van der Waals surface area contributed by atoms with Gasteiger partial charge in [0.05, 0.1) is 18.2 Å². The van der Waals surface area contributed by atoms with Gasteiger partial charge in [-0.1, -0.05) is 54.0 Å². The zero-order chi connectivity index (χ0) is 44.0. The molecule has 2 saturated heterocycles. The van der Waals surface area contributed by atoms with Gasteiger partial charge in [-0.3, -0.25) is 4.79 Å². The molecule has 2 heterocycles. The zero-order valence-electron chi connectivity index (χ0n) is 39.7. The number of carboxylic acids is 2. The first kappa shape index (κ1) is 67.4. The molecule has 0 aromatic rings. The third-order valence-corrected chi connectivity index (χ3v) is 17.2. The molecule has 11 N–H and O–H groups in total. The number of aliphatic hydroxyl groups excluding tert-OH is 5. The maximum absolute atomic E-state index is 14.8. The maximum atomic E-state index is 14.8. The molecule has 0 aromatic heterocycles. The second kappa shape index (κ2) is 24.6. The largest absolute Gasteiger partial charge is 1.00 e. The first-order chi connectivity index (χ1) is 27.4. The van der Waals surface area contributed by atoms with Crippen molar-refractivity contribution in [2.45, 2.75) is 174 Å². The smallest absolute Gasteiger partial charge is 0.853 e. The van der Waals surface area contributed by atoms with E-state index in [4.69, 9.17) is 23.7 Å². The number of hydrogen-bond donors (Lipinski definition) is 5. The summed E-state index contributed by atoms with van der Waals surface area (Å²) in [6.45, 7) is 15.8. The van der Waals surface area contributed by atoms with E-state index in [1.54, 1.807) is 6.92 Å². The fourth-order valence-electron chi connectivity index (χ4n) is 13.4. The first-order valence-electron chi connectivity index (χ1n) is 21.0. The van der Waals surface area contributed by atoms with E-state index >= 15 is 0 Å². The molecular weight excluding hydrogens is 938 g/mol. The predicted molar refractivity (Wildman–Crippen MR) is 209 cm³/mol. The third-order valence-electron chi connectivity index (χ3n) is 17.2. The van der Waals surface area contributed by atoms with Crippen molar-refractivity contribution in [2.75, 3.05) is 6.61 Å². The second-order valence-electron chi connectivity index (χ2n) is 20.5. The summed E-state index contributed by atoms with van der Waals surface area (Å²) in [7, 11) is 0. The van der Waals surface area contributed by atoms with Crippen molar-refractivity contribution in [1.29, 1.82) is 0 Å². The van der Waals surface area contributed by atoms with E-state index in [1.165, 1.54) is 0 Å². The molecule has 4 unspecified atom stereocenters. The maximum Gasteiger partial charge on any atom is 1.00 e. The number of aliphatic hydroxyl groups is 5. The molecule has 19 atom stereocenters. The number of fused-ring (bicyclic) bond motifs is 7. The summed E-state index contributed by atoms with van der Waals surface area (Å²) >= 11 is 0. The molecule has 2 aliphatic heterocycles. The van der Waals surface area contributed by atoms with E-state index in [0.29, 0.717) is 25.7 Å². The third kappa shape index (κ3) is 11.3. The average Bonchev–Trinajstić information content (AvgIpc) is 3.17. The molecule has 19 nitrogen and oxygen atoms in total. The van der Waals surface area contributed by atoms with Crippen LogP contribution in [0.15, 0.2) is 11.6 Å². The Hall–Kier alpha value is 2.41. The Balaban J connectivity index is 0.00000505. The Morgan fingerprint density at radius 3 is 1.89 bits per heavy atom. The summed E-state index contributed by atoms with van der Waals surface area (Å²) < 4.78 is 23.6. The number of ether oxygens (including phenoxy) is 4. The number of rotatable bonds is 7. The van der Waals surface area contributed by atoms with Crippen LogP contribution in [0.1, 0.15) is 106 Å². The first-order valence-corrected chi connectivity index (χ1v) is 21.0. The predicted octanol–water partition coefficient (Wildman–Crippen LogP) is -12.8. The summed E-state index contributed by atoms with van der Waals surface area (Å²) in [4.78, 5) is 47.3. The summed E-state index contributed by atoms with van der Waals surface area (Å²) in [6.07, 6.45) is -11.0. The molecule has 4 saturated carbocycles. The Bertz CT molecular complexity index is 1690. The van der Waals surface area contributed by atoms with Crippen molar-refractivity contribution in [2.24, 2.45) is 50.2 Å². The molecule has 22 heteroatoms. The summed E-state index contributed by atoms with van der Waals surface area (Å²) in [5.41, 5.74) is -1.93. The Morgan fingerprint density at radius 1 is 0.754 bits per heavy atom. The van der Waals surface area contributed by atoms with Crippen molar-refractivity contribution in [3.05, 3.63) is 11.6 Å². The van der Waals surface area contributed by atoms with Crippen molar-refractivity contribution in [3.63, 3.8) is 0 Å². The summed E-state index contributed by atoms with van der Waals surface area (Å²) in [5, 5.41) is 89.4. The fraction of sp³-hybridized carbons (Fsp3) is 0.860. The van der Waals surface area contributed by atoms with Gasteiger partial charge in [-0.25, -0.2) is 0 Å². The number of carbonyl (C=O) groups is 4. The molecule has 6 fully saturated rings. The molecule has 5 aliphatic carbocycles. The van der Waals surface area contributed by atoms with Crippen LogP contribution in [-0.2, 0) is 38.1 Å². The molecule has 0 aromatic carbocycles. The minimum atomic E-state index is -2.05. The zero-order valence-corrected chi connectivity index (χ0v) is 49.0. The number of hydrogen-bond acceptors (Lipinski definition) is 16. The van der Waals surface area contributed by atoms with E-state index in [9.17, 15) is 55.2 Å². The van der Waals surface area contributed by atoms with E-state index in [2.05, 4.69) is 27.7 Å². The molecular formula is C43H69K3O19. The van der Waals surface area contributed by atoms with Crippen LogP contribution in [0.5, 0.6) is 0 Å². The Kier molecular flexibility index (Phi) is 25.5. The SMILES string of the molecule is C=O.CC1(C)C(O[C@@H]2O[C@H](C(=O)[O-])[C@@H](O)[C@H](O)[C@H]2O[C@@H]2O[C@H](C[O-])[C@@H](O)[C@H](O)[C@H]2O)CC[C@@]2(C)C1CC[C@]1(C)C2C(=O)C=C2C3C[C@@](C)(C(=O)[O-])CC[C@]3(C)CC[C@]21C.O.O.O.[K+].[K+].[K+]. The summed E-state index contributed by atoms with van der Waals surface area (Å²) in [5.74, 6) is -3.27. The van der Waals surface area contributed by atoms with Crippen molar-refractivity contribution in [3.8, 4) is 0 Å². The van der Waals surface area contributed by atoms with Crippen LogP contribution in [0.3, 0.4) is 0 Å². The quantitative estimate of drug-likeness (QED) is 0.117. The minimum Gasteiger partial charge on any atom is -0.853 e. The van der Waals surface area contributed by atoms with Gasteiger partial charge in [0.2, 0.25) is 0 Å². The van der Waals surface area contributed by atoms with Crippen LogP contribution in [-0.4, -0.2) is 141 Å². The Labute approximate surface area is 508 Å². The van der Waals surface area contributed by atoms with Gasteiger partial charge in [-0.2, -0.15) is 0 Å². The van der Waals surface area contributed by atoms with Crippen molar-refractivity contribution >= 4 is 24.5 Å². The van der Waals surface area contributed by atoms with Gasteiger partial charge >= 0.3 is 154 Å². The van der Waals surface area contributed by atoms with Gasteiger partial charge in [0, 0.05) is 17.3 Å². The molecule has 0 spiro atoms. The van der Waals surface area contributed by atoms with Gasteiger partial charge in [-0.05, 0) is 103 Å². The van der Waals surface area contributed by atoms with E-state index in [0.717, 1.165) is 37.7 Å². The van der Waals surface area contributed by atoms with Crippen molar-refractivity contribution < 1.29 is 250 Å². The average molecular weight is 1010 g/mol. The van der Waals surface area contributed by atoms with Gasteiger partial charge in [-0.15, -0.1) is 6.61 Å². The normalized spacial score (nSPS) is 46.8.